The molecule has 0 atom stereocenters. The predicted octanol–water partition coefficient (Wildman–Crippen LogP) is 0.772. The van der Waals surface area contributed by atoms with E-state index in [-0.39, 0.29) is 19.0 Å². The number of benzene rings is 1. The van der Waals surface area contributed by atoms with E-state index in [1.54, 1.807) is 29.1 Å². The van der Waals surface area contributed by atoms with Crippen LogP contribution < -0.4 is 11.1 Å². The zero-order valence-electron chi connectivity index (χ0n) is 10.2. The van der Waals surface area contributed by atoms with Crippen LogP contribution in [0.3, 0.4) is 0 Å². The van der Waals surface area contributed by atoms with Crippen molar-refractivity contribution in [2.75, 3.05) is 12.3 Å². The first-order chi connectivity index (χ1) is 9.20. The standard InChI is InChI=1S/C13H13N5O/c14-4-5-16-12(19)9-18-7-6-17-13(18)10-2-1-3-11(15)8-10/h1-3,6-8H,5,9,15H2,(H,16,19). The summed E-state index contributed by atoms with van der Waals surface area (Å²) in [5.41, 5.74) is 7.21. The highest BCUT2D eigenvalue weighted by Gasteiger charge is 2.09. The Kier molecular flexibility index (Phi) is 3.78. The van der Waals surface area contributed by atoms with E-state index in [0.717, 1.165) is 5.56 Å². The van der Waals surface area contributed by atoms with Gasteiger partial charge < -0.3 is 15.6 Å². The minimum atomic E-state index is -0.232. The normalized spacial score (nSPS) is 9.84. The van der Waals surface area contributed by atoms with E-state index in [4.69, 9.17) is 11.0 Å². The molecule has 0 fully saturated rings. The van der Waals surface area contributed by atoms with Gasteiger partial charge >= 0.3 is 0 Å². The summed E-state index contributed by atoms with van der Waals surface area (Å²) in [4.78, 5) is 15.8. The third kappa shape index (κ3) is 3.10. The van der Waals surface area contributed by atoms with Crippen molar-refractivity contribution in [1.82, 2.24) is 14.9 Å². The number of hydrogen-bond acceptors (Lipinski definition) is 4. The van der Waals surface area contributed by atoms with Gasteiger partial charge in [0.15, 0.2) is 0 Å². The van der Waals surface area contributed by atoms with E-state index < -0.39 is 0 Å². The number of hydrogen-bond donors (Lipinski definition) is 2. The number of nitrogens with zero attached hydrogens (tertiary/aromatic N) is 3. The summed E-state index contributed by atoms with van der Waals surface area (Å²) in [5.74, 6) is 0.434. The lowest BCUT2D eigenvalue weighted by molar-refractivity contribution is -0.121. The summed E-state index contributed by atoms with van der Waals surface area (Å²) in [7, 11) is 0. The fourth-order valence-electron chi connectivity index (χ4n) is 1.72. The fraction of sp³-hybridized carbons (Fsp3) is 0.154. The highest BCUT2D eigenvalue weighted by atomic mass is 16.1. The first-order valence-corrected chi connectivity index (χ1v) is 5.71. The molecule has 6 heteroatoms. The first-order valence-electron chi connectivity index (χ1n) is 5.71. The molecule has 1 aromatic heterocycles. The van der Waals surface area contributed by atoms with Gasteiger partial charge in [0.25, 0.3) is 0 Å². The summed E-state index contributed by atoms with van der Waals surface area (Å²) >= 11 is 0. The first kappa shape index (κ1) is 12.6. The molecule has 1 amide bonds. The Bertz CT molecular complexity index is 626. The summed E-state index contributed by atoms with van der Waals surface area (Å²) in [6, 6.07) is 9.15. The maximum absolute atomic E-state index is 11.6. The van der Waals surface area contributed by atoms with Crippen molar-refractivity contribution in [3.8, 4) is 17.5 Å². The van der Waals surface area contributed by atoms with Crippen LogP contribution in [0, 0.1) is 11.3 Å². The van der Waals surface area contributed by atoms with Gasteiger partial charge in [0.05, 0.1) is 6.07 Å². The lowest BCUT2D eigenvalue weighted by Gasteiger charge is -2.07. The Morgan fingerprint density at radius 2 is 2.37 bits per heavy atom. The lowest BCUT2D eigenvalue weighted by Crippen LogP contribution is -2.27. The Hall–Kier alpha value is -2.81. The molecule has 0 saturated carbocycles. The number of amides is 1. The van der Waals surface area contributed by atoms with Crippen LogP contribution >= 0.6 is 0 Å². The van der Waals surface area contributed by atoms with Crippen molar-refractivity contribution < 1.29 is 4.79 Å². The highest BCUT2D eigenvalue weighted by Crippen LogP contribution is 2.19. The smallest absolute Gasteiger partial charge is 0.240 e. The molecule has 0 unspecified atom stereocenters. The number of rotatable bonds is 4. The number of nitrogen functional groups attached to an aromatic ring is 1. The molecular weight excluding hydrogens is 242 g/mol. The zero-order chi connectivity index (χ0) is 13.7. The Labute approximate surface area is 110 Å². The molecule has 0 aliphatic rings. The quantitative estimate of drug-likeness (QED) is 0.623. The third-order valence-corrected chi connectivity index (χ3v) is 2.54. The van der Waals surface area contributed by atoms with Crippen molar-refractivity contribution in [2.45, 2.75) is 6.54 Å². The molecule has 2 aromatic rings. The van der Waals surface area contributed by atoms with E-state index in [0.29, 0.717) is 11.5 Å². The fourth-order valence-corrected chi connectivity index (χ4v) is 1.72. The van der Waals surface area contributed by atoms with Gasteiger partial charge in [-0.25, -0.2) is 4.98 Å². The van der Waals surface area contributed by atoms with Crippen LogP contribution in [-0.2, 0) is 11.3 Å². The molecule has 0 aliphatic carbocycles. The zero-order valence-corrected chi connectivity index (χ0v) is 10.2. The topological polar surface area (TPSA) is 96.7 Å². The molecule has 2 rings (SSSR count). The number of aromatic nitrogens is 2. The molecule has 0 saturated heterocycles. The van der Waals surface area contributed by atoms with Gasteiger partial charge in [-0.3, -0.25) is 4.79 Å². The second-order valence-electron chi connectivity index (χ2n) is 3.94. The van der Waals surface area contributed by atoms with Crippen LogP contribution in [0.25, 0.3) is 11.4 Å². The number of anilines is 1. The number of imidazole rings is 1. The molecule has 1 aromatic carbocycles. The maximum atomic E-state index is 11.6. The van der Waals surface area contributed by atoms with Gasteiger partial charge in [0, 0.05) is 23.6 Å². The Morgan fingerprint density at radius 3 is 3.11 bits per heavy atom. The van der Waals surface area contributed by atoms with E-state index in [9.17, 15) is 4.79 Å². The van der Waals surface area contributed by atoms with Crippen molar-refractivity contribution >= 4 is 11.6 Å². The minimum Gasteiger partial charge on any atom is -0.399 e. The average molecular weight is 255 g/mol. The van der Waals surface area contributed by atoms with Crippen molar-refractivity contribution in [1.29, 1.82) is 5.26 Å². The molecule has 96 valence electrons. The van der Waals surface area contributed by atoms with Crippen LogP contribution in [-0.4, -0.2) is 22.0 Å². The molecule has 0 bridgehead atoms. The molecule has 19 heavy (non-hydrogen) atoms. The van der Waals surface area contributed by atoms with E-state index in [1.165, 1.54) is 0 Å². The molecule has 3 N–H and O–H groups in total. The van der Waals surface area contributed by atoms with Gasteiger partial charge in [0.1, 0.15) is 18.9 Å². The van der Waals surface area contributed by atoms with Crippen molar-refractivity contribution in [2.24, 2.45) is 0 Å². The average Bonchev–Trinajstić information content (AvgIpc) is 2.84. The van der Waals surface area contributed by atoms with Gasteiger partial charge in [-0.05, 0) is 12.1 Å². The number of carbonyl (C=O) groups excluding carboxylic acids is 1. The number of nitriles is 1. The predicted molar refractivity (Wildman–Crippen MR) is 70.7 cm³/mol. The van der Waals surface area contributed by atoms with Gasteiger partial charge in [-0.1, -0.05) is 12.1 Å². The maximum Gasteiger partial charge on any atom is 0.240 e. The number of nitrogens with one attached hydrogen (secondary N) is 1. The van der Waals surface area contributed by atoms with Crippen molar-refractivity contribution in [3.63, 3.8) is 0 Å². The Balaban J connectivity index is 2.19. The van der Waals surface area contributed by atoms with Crippen LogP contribution in [0.15, 0.2) is 36.7 Å². The van der Waals surface area contributed by atoms with Gasteiger partial charge in [0.2, 0.25) is 5.91 Å². The van der Waals surface area contributed by atoms with Gasteiger partial charge in [-0.15, -0.1) is 0 Å². The summed E-state index contributed by atoms with van der Waals surface area (Å²) < 4.78 is 1.71. The highest BCUT2D eigenvalue weighted by molar-refractivity contribution is 5.76. The Morgan fingerprint density at radius 1 is 1.53 bits per heavy atom. The monoisotopic (exact) mass is 255 g/mol. The summed E-state index contributed by atoms with van der Waals surface area (Å²) in [6.45, 7) is 0.118. The molecule has 6 nitrogen and oxygen atoms in total. The second-order valence-corrected chi connectivity index (χ2v) is 3.94. The van der Waals surface area contributed by atoms with Crippen LogP contribution in [0.2, 0.25) is 0 Å². The largest absolute Gasteiger partial charge is 0.399 e. The number of nitrogens with two attached hydrogens (primary N) is 1. The molecule has 1 heterocycles. The van der Waals surface area contributed by atoms with Crippen LogP contribution in [0.1, 0.15) is 0 Å². The van der Waals surface area contributed by atoms with Gasteiger partial charge in [-0.2, -0.15) is 5.26 Å². The van der Waals surface area contributed by atoms with E-state index in [2.05, 4.69) is 10.3 Å². The SMILES string of the molecule is N#CCNC(=O)Cn1ccnc1-c1cccc(N)c1. The second kappa shape index (κ2) is 5.69. The van der Waals surface area contributed by atoms with E-state index in [1.807, 2.05) is 18.2 Å². The van der Waals surface area contributed by atoms with Crippen LogP contribution in [0.5, 0.6) is 0 Å². The minimum absolute atomic E-state index is 0.00114. The summed E-state index contributed by atoms with van der Waals surface area (Å²) in [6.07, 6.45) is 3.33. The molecule has 0 spiro atoms. The van der Waals surface area contributed by atoms with Crippen LogP contribution in [0.4, 0.5) is 5.69 Å². The molecule has 0 aliphatic heterocycles. The third-order valence-electron chi connectivity index (χ3n) is 2.54. The van der Waals surface area contributed by atoms with Crippen molar-refractivity contribution in [3.05, 3.63) is 36.7 Å². The van der Waals surface area contributed by atoms with E-state index >= 15 is 0 Å². The molecular formula is C13H13N5O. The number of carbonyl (C=O) groups is 1. The molecule has 0 radical (unpaired) electrons. The lowest BCUT2D eigenvalue weighted by atomic mass is 10.2. The summed E-state index contributed by atoms with van der Waals surface area (Å²) in [5, 5.41) is 10.9.